The van der Waals surface area contributed by atoms with Gasteiger partial charge in [0.25, 0.3) is 0 Å². The zero-order valence-electron chi connectivity index (χ0n) is 22.6. The van der Waals surface area contributed by atoms with E-state index in [0.29, 0.717) is 0 Å². The maximum absolute atomic E-state index is 15.2. The minimum absolute atomic E-state index is 2.71. The second kappa shape index (κ2) is 12.9. The second-order valence-corrected chi connectivity index (χ2v) is 14.1. The topological polar surface area (TPSA) is 0 Å². The molecule has 0 spiro atoms. The molecule has 0 saturated heterocycles. The van der Waals surface area contributed by atoms with Gasteiger partial charge in [0, 0.05) is 19.3 Å². The van der Waals surface area contributed by atoms with Crippen LogP contribution in [-0.4, -0.2) is 86.2 Å². The fourth-order valence-corrected chi connectivity index (χ4v) is 6.43. The number of hydrogen-bond donors (Lipinski definition) is 0. The Hall–Kier alpha value is -1.88. The molecule has 31 heteroatoms. The first-order valence-electron chi connectivity index (χ1n) is 11.8. The first-order valence-corrected chi connectivity index (χ1v) is 14.3. The maximum atomic E-state index is 15.2. The van der Waals surface area contributed by atoms with Crippen molar-refractivity contribution in [3.63, 3.8) is 0 Å². The fraction of sp³-hybridized carbons (Fsp3) is 1.00. The van der Waals surface area contributed by atoms with E-state index >= 15 is 4.11 Å². The van der Waals surface area contributed by atoms with Gasteiger partial charge < -0.3 is 4.11 Å². The Morgan fingerprint density at radius 1 is 0.260 bits per heavy atom. The molecule has 0 aromatic rings. The van der Waals surface area contributed by atoms with E-state index in [-0.39, 0.29) is 0 Å². The summed E-state index contributed by atoms with van der Waals surface area (Å²) >= 11 is 0. The highest BCUT2D eigenvalue weighted by atomic mass is 28.4. The minimum atomic E-state index is -8.57. The summed E-state index contributed by atoms with van der Waals surface area (Å²) in [5, 5.41) is 0. The lowest BCUT2D eigenvalue weighted by Crippen LogP contribution is -2.70. The quantitative estimate of drug-likeness (QED) is 0.0825. The van der Waals surface area contributed by atoms with Gasteiger partial charge in [0.05, 0.1) is 0 Å². The molecule has 0 fully saturated rings. The van der Waals surface area contributed by atoms with Crippen molar-refractivity contribution in [3.8, 4) is 0 Å². The van der Waals surface area contributed by atoms with Crippen LogP contribution in [-0.2, 0) is 0 Å². The number of hydrogen-bond acceptors (Lipinski definition) is 0. The molecule has 0 saturated carbocycles. The first-order chi connectivity index (χ1) is 21.1. The van der Waals surface area contributed by atoms with Gasteiger partial charge in [-0.2, -0.15) is 127 Å². The fourth-order valence-electron chi connectivity index (χ4n) is 3.42. The van der Waals surface area contributed by atoms with Crippen LogP contribution in [0.4, 0.5) is 131 Å². The number of rotatable bonds is 16. The van der Waals surface area contributed by atoms with Crippen LogP contribution in [0, 0.1) is 0 Å². The molecule has 50 heavy (non-hydrogen) atoms. The Balaban J connectivity index is 6.77. The third-order valence-corrected chi connectivity index (χ3v) is 10.1. The van der Waals surface area contributed by atoms with E-state index < -0.39 is 124 Å². The molecule has 302 valence electrons. The Morgan fingerprint density at radius 2 is 0.460 bits per heavy atom. The molecule has 0 aromatic carbocycles. The molecule has 0 aliphatic heterocycles. The molecule has 0 aromatic heterocycles. The molecule has 0 aliphatic rings. The predicted octanol–water partition coefficient (Wildman–Crippen LogP) is 12.1. The summed E-state index contributed by atoms with van der Waals surface area (Å²) in [6.45, 7) is 0. The van der Waals surface area contributed by atoms with Crippen LogP contribution in [0.5, 0.6) is 0 Å². The summed E-state index contributed by atoms with van der Waals surface area (Å²) in [6, 6.07) is -8.98. The summed E-state index contributed by atoms with van der Waals surface area (Å²) < 4.78 is 396. The van der Waals surface area contributed by atoms with Gasteiger partial charge >= 0.3 is 77.8 Å². The zero-order valence-corrected chi connectivity index (χ0v) is 23.6. The minimum Gasteiger partial charge on any atom is -0.314 e. The monoisotopic (exact) mass is 838 g/mol. The van der Waals surface area contributed by atoms with Crippen LogP contribution < -0.4 is 0 Å². The summed E-state index contributed by atoms with van der Waals surface area (Å²) in [7, 11) is -6.95. The summed E-state index contributed by atoms with van der Waals surface area (Å²) in [5.41, 5.74) is 0. The smallest absolute Gasteiger partial charge is 0.314 e. The van der Waals surface area contributed by atoms with E-state index in [1.807, 2.05) is 0 Å². The zero-order chi connectivity index (χ0) is 41.2. The Labute approximate surface area is 256 Å². The highest BCUT2D eigenvalue weighted by Gasteiger charge is 2.92. The average Bonchev–Trinajstić information content (AvgIpc) is 2.87. The number of alkyl halides is 29. The van der Waals surface area contributed by atoms with E-state index in [4.69, 9.17) is 0 Å². The Morgan fingerprint density at radius 3 is 0.660 bits per heavy atom. The van der Waals surface area contributed by atoms with E-state index in [1.165, 1.54) is 0 Å². The molecule has 0 aliphatic carbocycles. The van der Waals surface area contributed by atoms with Gasteiger partial charge in [0.1, 0.15) is 0 Å². The lowest BCUT2D eigenvalue weighted by molar-refractivity contribution is -0.440. The third kappa shape index (κ3) is 7.88. The van der Waals surface area contributed by atoms with Crippen LogP contribution >= 0.6 is 0 Å². The van der Waals surface area contributed by atoms with Gasteiger partial charge in [-0.05, 0) is 18.1 Å². The van der Waals surface area contributed by atoms with Crippen molar-refractivity contribution in [2.45, 2.75) is 115 Å². The molecule has 0 N–H and O–H groups in total. The van der Waals surface area contributed by atoms with Gasteiger partial charge in [0.2, 0.25) is 8.41 Å². The van der Waals surface area contributed by atoms with Crippen molar-refractivity contribution in [1.29, 1.82) is 0 Å². The third-order valence-electron chi connectivity index (χ3n) is 6.63. The Kier molecular flexibility index (Phi) is 12.4. The van der Waals surface area contributed by atoms with Crippen molar-refractivity contribution in [2.24, 2.45) is 0 Å². The summed E-state index contributed by atoms with van der Waals surface area (Å²) in [4.78, 5) is 0. The van der Waals surface area contributed by atoms with Gasteiger partial charge in [0.15, 0.2) is 0 Å². The van der Waals surface area contributed by atoms with Gasteiger partial charge in [-0.1, -0.05) is 0 Å². The van der Waals surface area contributed by atoms with Crippen LogP contribution in [0.15, 0.2) is 0 Å². The lowest BCUT2D eigenvalue weighted by atomic mass is 9.93. The van der Waals surface area contributed by atoms with Gasteiger partial charge in [-0.3, -0.25) is 0 Å². The van der Waals surface area contributed by atoms with Gasteiger partial charge in [-0.25, -0.2) is 0 Å². The average molecular weight is 838 g/mol. The standard InChI is InChI=1S/C19H12F30Si/c20-7(21,10(27,28)12(31,32)14(35,36)16(39,40)18(43,44)45)1-4-50(49,6-3-9(24,25)26)5-2-8(22,23)11(29,30)13(33,34)15(37,38)17(41,42)19(46,47)48/h1-6H2. The molecule has 0 nitrogen and oxygen atoms in total. The van der Waals surface area contributed by atoms with E-state index in [2.05, 4.69) is 0 Å². The second-order valence-electron chi connectivity index (χ2n) is 10.3. The number of halogens is 30. The molecule has 0 radical (unpaired) electrons. The van der Waals surface area contributed by atoms with E-state index in [9.17, 15) is 127 Å². The SMILES string of the molecule is FC(F)(F)CC[Si](F)(CCC(F)(F)C(F)(F)C(F)(F)C(F)(F)C(F)(F)C(F)(F)F)CCC(F)(F)C(F)(F)C(F)(F)C(F)(F)C(F)(F)C(F)(F)F. The van der Waals surface area contributed by atoms with Crippen LogP contribution in [0.3, 0.4) is 0 Å². The van der Waals surface area contributed by atoms with Crippen LogP contribution in [0.1, 0.15) is 19.3 Å². The highest BCUT2D eigenvalue weighted by molar-refractivity contribution is 6.73. The first kappa shape index (κ1) is 48.1. The molecular weight excluding hydrogens is 826 g/mol. The predicted molar refractivity (Wildman–Crippen MR) is 103 cm³/mol. The molecule has 0 atom stereocenters. The van der Waals surface area contributed by atoms with Crippen LogP contribution in [0.2, 0.25) is 18.1 Å². The molecule has 0 amide bonds. The molecule has 0 bridgehead atoms. The summed E-state index contributed by atoms with van der Waals surface area (Å²) in [5.74, 6) is -82.0. The molecule has 0 rings (SSSR count). The van der Waals surface area contributed by atoms with E-state index in [1.54, 1.807) is 0 Å². The Bertz CT molecular complexity index is 1070. The van der Waals surface area contributed by atoms with Gasteiger partial charge in [-0.15, -0.1) is 0 Å². The largest absolute Gasteiger partial charge is 0.460 e. The molecule has 0 heterocycles. The van der Waals surface area contributed by atoms with Crippen molar-refractivity contribution in [3.05, 3.63) is 0 Å². The van der Waals surface area contributed by atoms with Crippen molar-refractivity contribution in [2.75, 3.05) is 0 Å². The van der Waals surface area contributed by atoms with E-state index in [0.717, 1.165) is 0 Å². The van der Waals surface area contributed by atoms with Crippen molar-refractivity contribution >= 4 is 8.41 Å². The van der Waals surface area contributed by atoms with Crippen molar-refractivity contribution in [1.82, 2.24) is 0 Å². The molecular formula is C19H12F30Si. The highest BCUT2D eigenvalue weighted by Crippen LogP contribution is 2.63. The van der Waals surface area contributed by atoms with Crippen molar-refractivity contribution < 1.29 is 131 Å². The van der Waals surface area contributed by atoms with Crippen LogP contribution in [0.25, 0.3) is 0 Å². The summed E-state index contributed by atoms with van der Waals surface area (Å²) in [6.07, 6.45) is -32.1. The maximum Gasteiger partial charge on any atom is 0.460 e. The molecule has 0 unspecified atom stereocenters. The normalized spacial score (nSPS) is 16.7. The lowest BCUT2D eigenvalue weighted by Gasteiger charge is -2.40.